The number of ether oxygens (including phenoxy) is 4. The molecule has 0 bridgehead atoms. The van der Waals surface area contributed by atoms with Gasteiger partial charge in [-0.3, -0.25) is 19.2 Å². The number of nitrogens with zero attached hydrogens (tertiary/aromatic N) is 1. The summed E-state index contributed by atoms with van der Waals surface area (Å²) in [7, 11) is 1.23. The molecule has 2 heterocycles. The number of allylic oxidation sites excluding steroid dienone is 1. The highest BCUT2D eigenvalue weighted by molar-refractivity contribution is 8.01. The summed E-state index contributed by atoms with van der Waals surface area (Å²) >= 11 is 1.33. The number of thioether (sulfide) groups is 1. The number of fused-ring (bicyclic) bond motifs is 1. The average Bonchev–Trinajstić information content (AvgIpc) is 3.39. The van der Waals surface area contributed by atoms with Crippen LogP contribution in [0, 0.1) is 11.8 Å². The quantitative estimate of drug-likeness (QED) is 0.0895. The predicted molar refractivity (Wildman–Crippen MR) is 187 cm³/mol. The van der Waals surface area contributed by atoms with Crippen LogP contribution >= 0.6 is 11.8 Å². The van der Waals surface area contributed by atoms with Gasteiger partial charge in [-0.2, -0.15) is 0 Å². The molecule has 2 aromatic carbocycles. The summed E-state index contributed by atoms with van der Waals surface area (Å²) in [4.78, 5) is 78.7. The molecule has 2 saturated heterocycles. The molecule has 3 N–H and O–H groups in total. The minimum Gasteiger partial charge on any atom is -0.508 e. The number of carbonyl (C=O) groups is 6. The number of aromatic hydroxyl groups is 1. The number of hydrogen-bond donors (Lipinski definition) is 3. The number of hydrogen-bond acceptors (Lipinski definition) is 13. The number of β-lactam (4-membered cyclic amide) rings is 1. The van der Waals surface area contributed by atoms with E-state index >= 15 is 0 Å². The molecular weight excluding hydrogens is 694 g/mol. The maximum atomic E-state index is 13.6. The molecule has 52 heavy (non-hydrogen) atoms. The van der Waals surface area contributed by atoms with E-state index in [1.54, 1.807) is 20.8 Å². The van der Waals surface area contributed by atoms with E-state index < -0.39 is 70.7 Å². The third-order valence-electron chi connectivity index (χ3n) is 9.38. The second-order valence-corrected chi connectivity index (χ2v) is 15.2. The molecule has 2 amide bonds. The summed E-state index contributed by atoms with van der Waals surface area (Å²) in [6, 6.07) is 12.3. The van der Waals surface area contributed by atoms with Crippen molar-refractivity contribution in [3.8, 4) is 5.75 Å². The van der Waals surface area contributed by atoms with Gasteiger partial charge >= 0.3 is 23.9 Å². The van der Waals surface area contributed by atoms with Crippen LogP contribution < -0.4 is 10.6 Å². The monoisotopic (exact) mass is 737 g/mol. The maximum absolute atomic E-state index is 13.6. The molecule has 0 aromatic heterocycles. The molecule has 1 aliphatic carbocycles. The SMILES string of the molecule is COC(=O)C=C(C)NC(C(=O)N[C@@H]1C(=O)N2[C@@H]1SC(C)(C)[C@@H]2C(=O)OCOC(=O)[C@H]1CC[C@H](C(=O)OCc2ccccc2)CC1)c1ccc(O)cc1. The summed E-state index contributed by atoms with van der Waals surface area (Å²) in [6.45, 7) is 4.71. The van der Waals surface area contributed by atoms with Crippen LogP contribution in [-0.4, -0.2) is 81.8 Å². The van der Waals surface area contributed by atoms with Crippen molar-refractivity contribution in [2.24, 2.45) is 11.8 Å². The van der Waals surface area contributed by atoms with Gasteiger partial charge in [0.25, 0.3) is 0 Å². The number of methoxy groups -OCH3 is 1. The predicted octanol–water partition coefficient (Wildman–Crippen LogP) is 3.24. The van der Waals surface area contributed by atoms with E-state index in [1.807, 2.05) is 30.3 Å². The van der Waals surface area contributed by atoms with Gasteiger partial charge in [-0.15, -0.1) is 11.8 Å². The first kappa shape index (κ1) is 38.2. The number of nitrogens with one attached hydrogen (secondary N) is 2. The van der Waals surface area contributed by atoms with Crippen molar-refractivity contribution < 1.29 is 52.8 Å². The fourth-order valence-electron chi connectivity index (χ4n) is 6.59. The minimum absolute atomic E-state index is 0.00657. The number of esters is 4. The van der Waals surface area contributed by atoms with E-state index in [4.69, 9.17) is 14.2 Å². The van der Waals surface area contributed by atoms with Crippen LogP contribution in [0.15, 0.2) is 66.4 Å². The van der Waals surface area contributed by atoms with Crippen LogP contribution in [0.3, 0.4) is 0 Å². The van der Waals surface area contributed by atoms with Gasteiger partial charge in [0.05, 0.1) is 18.9 Å². The molecule has 14 nitrogen and oxygen atoms in total. The zero-order valence-corrected chi connectivity index (χ0v) is 30.2. The molecule has 3 aliphatic rings. The number of rotatable bonds is 13. The normalized spacial score (nSPS) is 24.0. The average molecular weight is 738 g/mol. The fourth-order valence-corrected chi connectivity index (χ4v) is 8.21. The van der Waals surface area contributed by atoms with E-state index in [1.165, 1.54) is 54.1 Å². The molecule has 15 heteroatoms. The van der Waals surface area contributed by atoms with E-state index in [2.05, 4.69) is 15.4 Å². The van der Waals surface area contributed by atoms with E-state index in [0.29, 0.717) is 36.9 Å². The lowest BCUT2D eigenvalue weighted by atomic mass is 9.82. The van der Waals surface area contributed by atoms with Gasteiger partial charge in [-0.05, 0) is 69.7 Å². The van der Waals surface area contributed by atoms with Gasteiger partial charge in [0, 0.05) is 16.5 Å². The van der Waals surface area contributed by atoms with Crippen LogP contribution in [0.1, 0.15) is 63.6 Å². The highest BCUT2D eigenvalue weighted by Crippen LogP contribution is 2.51. The van der Waals surface area contributed by atoms with Crippen LogP contribution in [-0.2, 0) is 54.3 Å². The van der Waals surface area contributed by atoms with Crippen molar-refractivity contribution in [3.63, 3.8) is 0 Å². The molecule has 2 aromatic rings. The number of phenolic OH excluding ortho intramolecular Hbond substituents is 1. The van der Waals surface area contributed by atoms with Gasteiger partial charge in [0.1, 0.15) is 35.9 Å². The topological polar surface area (TPSA) is 187 Å². The first-order valence-corrected chi connectivity index (χ1v) is 17.8. The van der Waals surface area contributed by atoms with Crippen LogP contribution in [0.2, 0.25) is 0 Å². The van der Waals surface area contributed by atoms with E-state index in [-0.39, 0.29) is 24.2 Å². The Morgan fingerprint density at radius 3 is 2.13 bits per heavy atom. The first-order valence-electron chi connectivity index (χ1n) is 16.9. The summed E-state index contributed by atoms with van der Waals surface area (Å²) in [5, 5.41) is 14.9. The molecule has 278 valence electrons. The molecule has 2 aliphatic heterocycles. The fraction of sp³-hybridized carbons (Fsp3) is 0.459. The van der Waals surface area contributed by atoms with Crippen molar-refractivity contribution in [3.05, 3.63) is 77.5 Å². The lowest BCUT2D eigenvalue weighted by molar-refractivity contribution is -0.179. The smallest absolute Gasteiger partial charge is 0.333 e. The molecule has 5 rings (SSSR count). The van der Waals surface area contributed by atoms with Crippen LogP contribution in [0.4, 0.5) is 0 Å². The second kappa shape index (κ2) is 16.5. The third kappa shape index (κ3) is 8.87. The Hall–Kier alpha value is -5.05. The Balaban J connectivity index is 1.11. The zero-order valence-electron chi connectivity index (χ0n) is 29.4. The summed E-state index contributed by atoms with van der Waals surface area (Å²) < 4.78 is 19.9. The number of amides is 2. The van der Waals surface area contributed by atoms with Crippen molar-refractivity contribution in [1.29, 1.82) is 0 Å². The summed E-state index contributed by atoms with van der Waals surface area (Å²) in [5.41, 5.74) is 1.68. The Morgan fingerprint density at radius 2 is 1.52 bits per heavy atom. The summed E-state index contributed by atoms with van der Waals surface area (Å²) in [6.07, 6.45) is 3.01. The minimum atomic E-state index is -1.04. The largest absolute Gasteiger partial charge is 0.508 e. The van der Waals surface area contributed by atoms with Gasteiger partial charge in [0.2, 0.25) is 18.6 Å². The van der Waals surface area contributed by atoms with Crippen molar-refractivity contribution in [1.82, 2.24) is 15.5 Å². The van der Waals surface area contributed by atoms with E-state index in [9.17, 15) is 33.9 Å². The van der Waals surface area contributed by atoms with Crippen LogP contribution in [0.25, 0.3) is 0 Å². The molecule has 0 radical (unpaired) electrons. The second-order valence-electron chi connectivity index (χ2n) is 13.5. The van der Waals surface area contributed by atoms with Crippen molar-refractivity contribution in [2.45, 2.75) is 81.3 Å². The van der Waals surface area contributed by atoms with Crippen molar-refractivity contribution >= 4 is 47.5 Å². The lowest BCUT2D eigenvalue weighted by Crippen LogP contribution is -2.71. The lowest BCUT2D eigenvalue weighted by Gasteiger charge is -2.44. The highest BCUT2D eigenvalue weighted by atomic mass is 32.2. The van der Waals surface area contributed by atoms with Gasteiger partial charge in [-0.1, -0.05) is 42.5 Å². The molecule has 1 saturated carbocycles. The highest BCUT2D eigenvalue weighted by Gasteiger charge is 2.64. The zero-order chi connectivity index (χ0) is 37.6. The Kier molecular flexibility index (Phi) is 12.1. The molecule has 0 spiro atoms. The summed E-state index contributed by atoms with van der Waals surface area (Å²) in [5.74, 6) is -4.01. The van der Waals surface area contributed by atoms with Gasteiger partial charge < -0.3 is 39.6 Å². The number of benzene rings is 2. The third-order valence-corrected chi connectivity index (χ3v) is 10.9. The Labute approximate surface area is 305 Å². The van der Waals surface area contributed by atoms with Gasteiger partial charge in [0.15, 0.2) is 0 Å². The number of carbonyl (C=O) groups excluding carboxylic acids is 6. The number of phenols is 1. The van der Waals surface area contributed by atoms with E-state index in [0.717, 1.165) is 5.56 Å². The Morgan fingerprint density at radius 1 is 0.923 bits per heavy atom. The maximum Gasteiger partial charge on any atom is 0.333 e. The van der Waals surface area contributed by atoms with Crippen LogP contribution in [0.5, 0.6) is 5.75 Å². The van der Waals surface area contributed by atoms with Gasteiger partial charge in [-0.25, -0.2) is 9.59 Å². The molecule has 1 unspecified atom stereocenters. The molecule has 3 fully saturated rings. The standard InChI is InChI=1S/C37H43N3O11S/c1-21(18-27(42)48-4)38-28(23-14-16-26(41)17-15-23)31(43)39-29-32(44)40-30(37(2,3)52-33(29)40)36(47)51-20-50-35(46)25-12-10-24(11-13-25)34(45)49-19-22-8-6-5-7-9-22/h5-9,14-18,24-25,28-30,33,38,41H,10-13,19-20H2,1-4H3,(H,39,43)/t24-,25-,28?,29-,30+,33-/m1/s1. The van der Waals surface area contributed by atoms with Crippen molar-refractivity contribution in [2.75, 3.05) is 13.9 Å². The Bertz CT molecular complexity index is 1690. The first-order chi connectivity index (χ1) is 24.8. The molecule has 4 atom stereocenters. The molecular formula is C37H43N3O11S.